The van der Waals surface area contributed by atoms with E-state index in [0.29, 0.717) is 25.7 Å². The van der Waals surface area contributed by atoms with Crippen molar-refractivity contribution in [3.8, 4) is 11.6 Å². The summed E-state index contributed by atoms with van der Waals surface area (Å²) in [5.41, 5.74) is -1.31. The maximum Gasteiger partial charge on any atom is 0.270 e. The van der Waals surface area contributed by atoms with Gasteiger partial charge in [-0.05, 0) is 50.3 Å². The molecule has 1 aromatic carbocycles. The van der Waals surface area contributed by atoms with Crippen LogP contribution in [0.5, 0.6) is 11.6 Å². The number of aliphatic hydroxyl groups excluding tert-OH is 1. The van der Waals surface area contributed by atoms with Gasteiger partial charge in [-0.25, -0.2) is 9.37 Å². The number of ether oxygens (including phenoxy) is 1. The number of aromatic hydroxyl groups is 1. The summed E-state index contributed by atoms with van der Waals surface area (Å²) in [7, 11) is 0. The van der Waals surface area contributed by atoms with Crippen LogP contribution in [0, 0.1) is 5.82 Å². The second kappa shape index (κ2) is 8.55. The van der Waals surface area contributed by atoms with E-state index < -0.39 is 34.8 Å². The van der Waals surface area contributed by atoms with Gasteiger partial charge in [0.1, 0.15) is 17.3 Å². The number of benzene rings is 1. The van der Waals surface area contributed by atoms with E-state index in [1.165, 1.54) is 30.3 Å². The molecule has 32 heavy (non-hydrogen) atoms. The van der Waals surface area contributed by atoms with Crippen LogP contribution in [0.1, 0.15) is 42.6 Å². The van der Waals surface area contributed by atoms with Gasteiger partial charge in [-0.2, -0.15) is 0 Å². The predicted octanol–water partition coefficient (Wildman–Crippen LogP) is 2.32. The Morgan fingerprint density at radius 2 is 1.94 bits per heavy atom. The lowest BCUT2D eigenvalue weighted by molar-refractivity contribution is -0.132. The van der Waals surface area contributed by atoms with Gasteiger partial charge in [0, 0.05) is 17.7 Å². The number of nitrogens with one attached hydrogen (secondary N) is 2. The van der Waals surface area contributed by atoms with Gasteiger partial charge >= 0.3 is 0 Å². The summed E-state index contributed by atoms with van der Waals surface area (Å²) in [5.74, 6) is -1.56. The fraction of sp³-hybridized carbons (Fsp3) is 0.409. The average molecular weight is 464 g/mol. The van der Waals surface area contributed by atoms with Crippen molar-refractivity contribution in [1.29, 1.82) is 0 Å². The second-order valence-corrected chi connectivity index (χ2v) is 8.81. The molecule has 0 spiro atoms. The number of rotatable bonds is 6. The lowest BCUT2D eigenvalue weighted by Gasteiger charge is -2.56. The summed E-state index contributed by atoms with van der Waals surface area (Å²) in [4.78, 5) is 28.9. The van der Waals surface area contributed by atoms with Gasteiger partial charge in [0.25, 0.3) is 11.8 Å². The molecule has 4 N–H and O–H groups in total. The first-order valence-electron chi connectivity index (χ1n) is 10.3. The number of nitrogens with zero attached hydrogens (tertiary/aromatic N) is 1. The number of hydrogen-bond donors (Lipinski definition) is 4. The Morgan fingerprint density at radius 3 is 2.59 bits per heavy atom. The van der Waals surface area contributed by atoms with Gasteiger partial charge in [0.2, 0.25) is 5.88 Å². The van der Waals surface area contributed by atoms with Crippen LogP contribution in [0.15, 0.2) is 36.4 Å². The Balaban J connectivity index is 1.35. The normalized spacial score (nSPS) is 26.4. The summed E-state index contributed by atoms with van der Waals surface area (Å²) >= 11 is 5.64. The maximum atomic E-state index is 13.5. The molecule has 170 valence electrons. The molecular weight excluding hydrogens is 441 g/mol. The Kier molecular flexibility index (Phi) is 5.96. The average Bonchev–Trinajstić information content (AvgIpc) is 2.76. The van der Waals surface area contributed by atoms with Crippen molar-refractivity contribution in [2.24, 2.45) is 0 Å². The second-order valence-electron chi connectivity index (χ2n) is 8.40. The van der Waals surface area contributed by atoms with E-state index in [1.807, 2.05) is 0 Å². The summed E-state index contributed by atoms with van der Waals surface area (Å²) in [6, 6.07) is 8.32. The zero-order chi connectivity index (χ0) is 22.9. The van der Waals surface area contributed by atoms with Crippen LogP contribution >= 0.6 is 11.6 Å². The van der Waals surface area contributed by atoms with Crippen molar-refractivity contribution in [3.63, 3.8) is 0 Å². The van der Waals surface area contributed by atoms with Crippen LogP contribution in [-0.4, -0.2) is 50.8 Å². The minimum Gasteiger partial charge on any atom is -0.493 e. The van der Waals surface area contributed by atoms with E-state index in [0.717, 1.165) is 6.07 Å². The zero-order valence-electron chi connectivity index (χ0n) is 17.1. The zero-order valence-corrected chi connectivity index (χ0v) is 17.9. The molecule has 2 amide bonds. The first kappa shape index (κ1) is 22.3. The van der Waals surface area contributed by atoms with Crippen LogP contribution in [-0.2, 0) is 4.79 Å². The number of halogens is 2. The van der Waals surface area contributed by atoms with E-state index in [2.05, 4.69) is 15.6 Å². The highest BCUT2D eigenvalue weighted by atomic mass is 35.5. The number of amides is 2. The SMILES string of the molecule is O=C(COc1ccc(Cl)c(F)c1)NC12CCC(NC(=O)c3cccc(O)n3)(CC1)C[C@@H]2O. The van der Waals surface area contributed by atoms with Crippen LogP contribution in [0.4, 0.5) is 4.39 Å². The Hall–Kier alpha value is -2.91. The van der Waals surface area contributed by atoms with Crippen molar-refractivity contribution < 1.29 is 28.9 Å². The number of pyridine rings is 1. The van der Waals surface area contributed by atoms with E-state index in [9.17, 15) is 24.2 Å². The minimum absolute atomic E-state index is 0.0383. The molecule has 3 aliphatic carbocycles. The van der Waals surface area contributed by atoms with Crippen molar-refractivity contribution >= 4 is 23.4 Å². The molecular formula is C22H23ClFN3O5. The highest BCUT2D eigenvalue weighted by molar-refractivity contribution is 6.30. The molecule has 1 aromatic heterocycles. The monoisotopic (exact) mass is 463 g/mol. The molecule has 0 aliphatic heterocycles. The molecule has 2 aromatic rings. The van der Waals surface area contributed by atoms with Crippen LogP contribution in [0.25, 0.3) is 0 Å². The van der Waals surface area contributed by atoms with Crippen LogP contribution < -0.4 is 15.4 Å². The van der Waals surface area contributed by atoms with Gasteiger partial charge in [-0.3, -0.25) is 9.59 Å². The Labute approximate surface area is 188 Å². The maximum absolute atomic E-state index is 13.5. The van der Waals surface area contributed by atoms with Gasteiger partial charge in [0.15, 0.2) is 6.61 Å². The molecule has 5 rings (SSSR count). The first-order valence-corrected chi connectivity index (χ1v) is 10.6. The Bertz CT molecular complexity index is 1040. The minimum atomic E-state index is -0.862. The molecule has 0 radical (unpaired) electrons. The number of aromatic nitrogens is 1. The number of carbonyl (C=O) groups excluding carboxylic acids is 2. The third-order valence-electron chi connectivity index (χ3n) is 6.32. The Morgan fingerprint density at radius 1 is 1.19 bits per heavy atom. The smallest absolute Gasteiger partial charge is 0.270 e. The molecule has 3 aliphatic rings. The molecule has 0 saturated heterocycles. The summed E-state index contributed by atoms with van der Waals surface area (Å²) in [6.45, 7) is -0.333. The fourth-order valence-corrected chi connectivity index (χ4v) is 4.66. The quantitative estimate of drug-likeness (QED) is 0.521. The lowest BCUT2D eigenvalue weighted by atomic mass is 9.60. The molecule has 3 fully saturated rings. The number of aliphatic hydroxyl groups is 1. The third kappa shape index (κ3) is 4.49. The highest BCUT2D eigenvalue weighted by Crippen LogP contribution is 2.47. The molecule has 10 heteroatoms. The molecule has 1 heterocycles. The van der Waals surface area contributed by atoms with Crippen molar-refractivity contribution in [1.82, 2.24) is 15.6 Å². The summed E-state index contributed by atoms with van der Waals surface area (Å²) in [5, 5.41) is 26.1. The highest BCUT2D eigenvalue weighted by Gasteiger charge is 2.55. The molecule has 3 saturated carbocycles. The van der Waals surface area contributed by atoms with E-state index in [1.54, 1.807) is 0 Å². The van der Waals surface area contributed by atoms with Crippen molar-refractivity contribution in [2.45, 2.75) is 49.3 Å². The van der Waals surface area contributed by atoms with Gasteiger partial charge < -0.3 is 25.6 Å². The van der Waals surface area contributed by atoms with Crippen LogP contribution in [0.2, 0.25) is 5.02 Å². The van der Waals surface area contributed by atoms with Crippen molar-refractivity contribution in [2.75, 3.05) is 6.61 Å². The number of carbonyl (C=O) groups is 2. The van der Waals surface area contributed by atoms with Crippen LogP contribution in [0.3, 0.4) is 0 Å². The predicted molar refractivity (Wildman–Crippen MR) is 113 cm³/mol. The molecule has 8 nitrogen and oxygen atoms in total. The topological polar surface area (TPSA) is 121 Å². The molecule has 2 bridgehead atoms. The fourth-order valence-electron chi connectivity index (χ4n) is 4.55. The van der Waals surface area contributed by atoms with Gasteiger partial charge in [-0.1, -0.05) is 17.7 Å². The third-order valence-corrected chi connectivity index (χ3v) is 6.62. The lowest BCUT2D eigenvalue weighted by Crippen LogP contribution is -2.70. The summed E-state index contributed by atoms with van der Waals surface area (Å²) in [6.07, 6.45) is 1.50. The van der Waals surface area contributed by atoms with E-state index >= 15 is 0 Å². The molecule has 0 unspecified atom stereocenters. The summed E-state index contributed by atoms with van der Waals surface area (Å²) < 4.78 is 18.8. The number of fused-ring (bicyclic) bond motifs is 3. The van der Waals surface area contributed by atoms with Crippen molar-refractivity contribution in [3.05, 3.63) is 52.9 Å². The first-order chi connectivity index (χ1) is 15.2. The van der Waals surface area contributed by atoms with Gasteiger partial charge in [0.05, 0.1) is 16.7 Å². The standard InChI is InChI=1S/C22H23ClFN3O5/c23-14-5-4-13(10-15(14)24)32-12-19(30)26-22-8-6-21(7-9-22,11-17(22)28)27-20(31)16-2-1-3-18(29)25-16/h1-5,10,17,28H,6-9,11-12H2,(H,25,29)(H,26,30)(H,27,31)/t17-,21?,22?/m0/s1. The largest absolute Gasteiger partial charge is 0.493 e. The number of hydrogen-bond acceptors (Lipinski definition) is 6. The van der Waals surface area contributed by atoms with E-state index in [-0.39, 0.29) is 35.4 Å². The van der Waals surface area contributed by atoms with E-state index in [4.69, 9.17) is 16.3 Å². The van der Waals surface area contributed by atoms with Gasteiger partial charge in [-0.15, -0.1) is 0 Å². The molecule has 1 atom stereocenters.